The molecular weight excluding hydrogens is 369 g/mol. The summed E-state index contributed by atoms with van der Waals surface area (Å²) in [6.45, 7) is 1.04. The maximum Gasteiger partial charge on any atom is 0.293 e. The molecule has 0 spiro atoms. The highest BCUT2D eigenvalue weighted by molar-refractivity contribution is 14.1. The zero-order chi connectivity index (χ0) is 14.5. The van der Waals surface area contributed by atoms with Crippen LogP contribution in [-0.4, -0.2) is 4.92 Å². The van der Waals surface area contributed by atoms with Crippen LogP contribution in [0, 0.1) is 13.7 Å². The van der Waals surface area contributed by atoms with Gasteiger partial charge < -0.3 is 11.1 Å². The van der Waals surface area contributed by atoms with Gasteiger partial charge in [-0.15, -0.1) is 0 Å². The zero-order valence-electron chi connectivity index (χ0n) is 10.7. The molecule has 0 bridgehead atoms. The predicted octanol–water partition coefficient (Wildman–Crippen LogP) is 3.27. The first-order chi connectivity index (χ1) is 9.60. The number of hydrogen-bond donors (Lipinski definition) is 2. The number of anilines is 1. The van der Waals surface area contributed by atoms with E-state index in [2.05, 4.69) is 27.9 Å². The van der Waals surface area contributed by atoms with Crippen molar-refractivity contribution in [3.8, 4) is 0 Å². The van der Waals surface area contributed by atoms with E-state index in [1.165, 1.54) is 0 Å². The third kappa shape index (κ3) is 3.67. The van der Waals surface area contributed by atoms with Crippen molar-refractivity contribution in [1.29, 1.82) is 0 Å². The molecule has 0 aliphatic carbocycles. The van der Waals surface area contributed by atoms with Gasteiger partial charge in [-0.2, -0.15) is 0 Å². The van der Waals surface area contributed by atoms with E-state index in [0.29, 0.717) is 18.8 Å². The van der Waals surface area contributed by atoms with Crippen molar-refractivity contribution in [3.63, 3.8) is 0 Å². The Morgan fingerprint density at radius 3 is 2.40 bits per heavy atom. The molecule has 0 fully saturated rings. The molecule has 0 unspecified atom stereocenters. The molecule has 0 radical (unpaired) electrons. The van der Waals surface area contributed by atoms with Crippen molar-refractivity contribution in [2.75, 3.05) is 5.32 Å². The molecule has 0 aliphatic rings. The lowest BCUT2D eigenvalue weighted by Gasteiger charge is -2.08. The SMILES string of the molecule is NCc1ccc(CNc2ccc(I)cc2[N+](=O)[O-])cc1. The predicted molar refractivity (Wildman–Crippen MR) is 87.5 cm³/mol. The average molecular weight is 383 g/mol. The van der Waals surface area contributed by atoms with E-state index in [1.807, 2.05) is 30.3 Å². The molecule has 0 amide bonds. The van der Waals surface area contributed by atoms with Crippen molar-refractivity contribution in [2.45, 2.75) is 13.1 Å². The van der Waals surface area contributed by atoms with Crippen LogP contribution in [0.2, 0.25) is 0 Å². The van der Waals surface area contributed by atoms with Gasteiger partial charge in [-0.3, -0.25) is 10.1 Å². The maximum absolute atomic E-state index is 11.0. The van der Waals surface area contributed by atoms with Gasteiger partial charge in [0, 0.05) is 22.7 Å². The number of nitrogens with one attached hydrogen (secondary N) is 1. The molecule has 2 rings (SSSR count). The van der Waals surface area contributed by atoms with Crippen LogP contribution in [0.1, 0.15) is 11.1 Å². The van der Waals surface area contributed by atoms with E-state index in [9.17, 15) is 10.1 Å². The fourth-order valence-electron chi connectivity index (χ4n) is 1.80. The lowest BCUT2D eigenvalue weighted by Crippen LogP contribution is -2.03. The summed E-state index contributed by atoms with van der Waals surface area (Å²) in [6.07, 6.45) is 0. The molecule has 6 heteroatoms. The smallest absolute Gasteiger partial charge is 0.293 e. The fraction of sp³-hybridized carbons (Fsp3) is 0.143. The lowest BCUT2D eigenvalue weighted by molar-refractivity contribution is -0.384. The molecule has 0 aromatic heterocycles. The van der Waals surface area contributed by atoms with Gasteiger partial charge in [0.15, 0.2) is 0 Å². The summed E-state index contributed by atoms with van der Waals surface area (Å²) in [5, 5.41) is 14.1. The Hall–Kier alpha value is -1.67. The van der Waals surface area contributed by atoms with Gasteiger partial charge in [0.1, 0.15) is 5.69 Å². The van der Waals surface area contributed by atoms with E-state index in [1.54, 1.807) is 12.1 Å². The van der Waals surface area contributed by atoms with Crippen LogP contribution in [0.25, 0.3) is 0 Å². The zero-order valence-corrected chi connectivity index (χ0v) is 12.8. The van der Waals surface area contributed by atoms with Gasteiger partial charge in [-0.25, -0.2) is 0 Å². The van der Waals surface area contributed by atoms with Crippen LogP contribution in [0.5, 0.6) is 0 Å². The van der Waals surface area contributed by atoms with Crippen LogP contribution >= 0.6 is 22.6 Å². The van der Waals surface area contributed by atoms with Crippen LogP contribution in [-0.2, 0) is 13.1 Å². The van der Waals surface area contributed by atoms with E-state index in [0.717, 1.165) is 14.7 Å². The second-order valence-corrected chi connectivity index (χ2v) is 5.54. The first kappa shape index (κ1) is 14.7. The molecule has 0 atom stereocenters. The van der Waals surface area contributed by atoms with Gasteiger partial charge in [0.2, 0.25) is 0 Å². The molecule has 0 saturated heterocycles. The summed E-state index contributed by atoms with van der Waals surface area (Å²) in [4.78, 5) is 10.6. The summed E-state index contributed by atoms with van der Waals surface area (Å²) in [5.74, 6) is 0. The number of rotatable bonds is 5. The van der Waals surface area contributed by atoms with Gasteiger partial charge in [-0.05, 0) is 45.9 Å². The molecule has 104 valence electrons. The Morgan fingerprint density at radius 2 is 1.80 bits per heavy atom. The van der Waals surface area contributed by atoms with E-state index >= 15 is 0 Å². The lowest BCUT2D eigenvalue weighted by atomic mass is 10.1. The number of nitro groups is 1. The standard InChI is InChI=1S/C14H14IN3O2/c15-12-5-6-13(14(7-12)18(19)20)17-9-11-3-1-10(8-16)2-4-11/h1-7,17H,8-9,16H2. The third-order valence-corrected chi connectivity index (χ3v) is 3.57. The molecule has 0 heterocycles. The van der Waals surface area contributed by atoms with Crippen molar-refractivity contribution >= 4 is 34.0 Å². The van der Waals surface area contributed by atoms with Gasteiger partial charge in [0.05, 0.1) is 4.92 Å². The van der Waals surface area contributed by atoms with Crippen LogP contribution in [0.15, 0.2) is 42.5 Å². The van der Waals surface area contributed by atoms with Crippen LogP contribution < -0.4 is 11.1 Å². The van der Waals surface area contributed by atoms with Crippen molar-refractivity contribution in [3.05, 3.63) is 67.3 Å². The first-order valence-electron chi connectivity index (χ1n) is 6.06. The normalized spacial score (nSPS) is 10.3. The van der Waals surface area contributed by atoms with E-state index in [4.69, 9.17) is 5.73 Å². The summed E-state index contributed by atoms with van der Waals surface area (Å²) in [7, 11) is 0. The minimum Gasteiger partial charge on any atom is -0.375 e. The molecule has 3 N–H and O–H groups in total. The summed E-state index contributed by atoms with van der Waals surface area (Å²) < 4.78 is 0.840. The number of halogens is 1. The molecule has 2 aromatic rings. The highest BCUT2D eigenvalue weighted by Crippen LogP contribution is 2.26. The van der Waals surface area contributed by atoms with Crippen LogP contribution in [0.3, 0.4) is 0 Å². The molecule has 0 aliphatic heterocycles. The Kier molecular flexibility index (Phi) is 4.91. The van der Waals surface area contributed by atoms with E-state index in [-0.39, 0.29) is 10.6 Å². The second kappa shape index (κ2) is 6.67. The monoisotopic (exact) mass is 383 g/mol. The number of nitrogens with two attached hydrogens (primary N) is 1. The molecular formula is C14H14IN3O2. The average Bonchev–Trinajstić information content (AvgIpc) is 2.46. The highest BCUT2D eigenvalue weighted by Gasteiger charge is 2.13. The topological polar surface area (TPSA) is 81.2 Å². The Balaban J connectivity index is 2.12. The number of nitrogens with zero attached hydrogens (tertiary/aromatic N) is 1. The molecule has 0 saturated carbocycles. The number of benzene rings is 2. The Morgan fingerprint density at radius 1 is 1.15 bits per heavy atom. The number of nitro benzene ring substituents is 1. The minimum absolute atomic E-state index is 0.0930. The summed E-state index contributed by atoms with van der Waals surface area (Å²) in [5.41, 5.74) is 8.28. The molecule has 5 nitrogen and oxygen atoms in total. The van der Waals surface area contributed by atoms with Gasteiger partial charge >= 0.3 is 0 Å². The summed E-state index contributed by atoms with van der Waals surface area (Å²) >= 11 is 2.06. The van der Waals surface area contributed by atoms with Gasteiger partial charge in [0.25, 0.3) is 5.69 Å². The maximum atomic E-state index is 11.0. The highest BCUT2D eigenvalue weighted by atomic mass is 127. The van der Waals surface area contributed by atoms with Crippen molar-refractivity contribution in [1.82, 2.24) is 0 Å². The fourth-order valence-corrected chi connectivity index (χ4v) is 2.27. The molecule has 20 heavy (non-hydrogen) atoms. The summed E-state index contributed by atoms with van der Waals surface area (Å²) in [6, 6.07) is 13.0. The minimum atomic E-state index is -0.373. The van der Waals surface area contributed by atoms with Crippen LogP contribution in [0.4, 0.5) is 11.4 Å². The Bertz CT molecular complexity index is 614. The van der Waals surface area contributed by atoms with E-state index < -0.39 is 0 Å². The molecule has 2 aromatic carbocycles. The Labute approximate surface area is 130 Å². The van der Waals surface area contributed by atoms with Gasteiger partial charge in [-0.1, -0.05) is 24.3 Å². The van der Waals surface area contributed by atoms with Crippen molar-refractivity contribution < 1.29 is 4.92 Å². The quantitative estimate of drug-likeness (QED) is 0.472. The second-order valence-electron chi connectivity index (χ2n) is 4.29. The largest absolute Gasteiger partial charge is 0.375 e. The number of hydrogen-bond acceptors (Lipinski definition) is 4. The third-order valence-electron chi connectivity index (χ3n) is 2.90. The first-order valence-corrected chi connectivity index (χ1v) is 7.13. The van der Waals surface area contributed by atoms with Crippen molar-refractivity contribution in [2.24, 2.45) is 5.73 Å².